The summed E-state index contributed by atoms with van der Waals surface area (Å²) in [5.74, 6) is 1.82. The highest BCUT2D eigenvalue weighted by molar-refractivity contribution is 5.76. The van der Waals surface area contributed by atoms with Crippen LogP contribution in [-0.4, -0.2) is 48.0 Å². The van der Waals surface area contributed by atoms with E-state index in [4.69, 9.17) is 0 Å². The van der Waals surface area contributed by atoms with Gasteiger partial charge >= 0.3 is 0 Å². The molecule has 2 fully saturated rings. The molecule has 1 atom stereocenters. The molecule has 2 heterocycles. The minimum absolute atomic E-state index is 0.216. The molecule has 120 valence electrons. The number of rotatable bonds is 7. The van der Waals surface area contributed by atoms with Crippen molar-refractivity contribution >= 4 is 11.7 Å². The Morgan fingerprint density at radius 3 is 3.05 bits per heavy atom. The zero-order chi connectivity index (χ0) is 15.4. The number of carbonyl (C=O) groups excluding carboxylic acids is 1. The van der Waals surface area contributed by atoms with Crippen LogP contribution in [0.2, 0.25) is 0 Å². The first-order chi connectivity index (χ1) is 10.7. The van der Waals surface area contributed by atoms with Crippen LogP contribution in [0.5, 0.6) is 0 Å². The lowest BCUT2D eigenvalue weighted by molar-refractivity contribution is -0.121. The molecule has 1 aromatic heterocycles. The average Bonchev–Trinajstić information content (AvgIpc) is 3.19. The Bertz CT molecular complexity index is 515. The Hall–Kier alpha value is -1.62. The first-order valence-electron chi connectivity index (χ1n) is 8.37. The summed E-state index contributed by atoms with van der Waals surface area (Å²) in [5, 5.41) is 6.48. The van der Waals surface area contributed by atoms with E-state index in [2.05, 4.69) is 33.5 Å². The van der Waals surface area contributed by atoms with Gasteiger partial charge in [0, 0.05) is 38.3 Å². The molecule has 0 bridgehead atoms. The lowest BCUT2D eigenvalue weighted by Gasteiger charge is -2.16. The highest BCUT2D eigenvalue weighted by Gasteiger charge is 2.25. The fourth-order valence-electron chi connectivity index (χ4n) is 2.95. The van der Waals surface area contributed by atoms with E-state index in [0.717, 1.165) is 44.8 Å². The molecular formula is C17H26N4O. The quantitative estimate of drug-likeness (QED) is 0.806. The molecule has 1 unspecified atom stereocenters. The van der Waals surface area contributed by atoms with Gasteiger partial charge in [0.15, 0.2) is 0 Å². The van der Waals surface area contributed by atoms with E-state index in [1.165, 1.54) is 12.0 Å². The smallest absolute Gasteiger partial charge is 0.221 e. The van der Waals surface area contributed by atoms with Crippen molar-refractivity contribution in [3.63, 3.8) is 0 Å². The van der Waals surface area contributed by atoms with Gasteiger partial charge in [0.25, 0.3) is 0 Å². The largest absolute Gasteiger partial charge is 0.370 e. The number of aryl methyl sites for hydroxylation is 1. The molecule has 1 aliphatic heterocycles. The Labute approximate surface area is 132 Å². The second-order valence-corrected chi connectivity index (χ2v) is 6.65. The van der Waals surface area contributed by atoms with Crippen molar-refractivity contribution in [3.8, 4) is 0 Å². The minimum atomic E-state index is 0.216. The summed E-state index contributed by atoms with van der Waals surface area (Å²) in [4.78, 5) is 18.5. The second-order valence-electron chi connectivity index (χ2n) is 6.65. The topological polar surface area (TPSA) is 57.3 Å². The molecule has 22 heavy (non-hydrogen) atoms. The van der Waals surface area contributed by atoms with E-state index in [1.807, 2.05) is 12.3 Å². The Morgan fingerprint density at radius 2 is 2.27 bits per heavy atom. The maximum absolute atomic E-state index is 11.7. The molecule has 2 aliphatic rings. The number of nitrogens with zero attached hydrogens (tertiary/aromatic N) is 2. The highest BCUT2D eigenvalue weighted by atomic mass is 16.1. The van der Waals surface area contributed by atoms with Crippen molar-refractivity contribution in [1.29, 1.82) is 0 Å². The maximum Gasteiger partial charge on any atom is 0.221 e. The van der Waals surface area contributed by atoms with Gasteiger partial charge in [-0.2, -0.15) is 0 Å². The summed E-state index contributed by atoms with van der Waals surface area (Å²) < 4.78 is 0. The molecule has 0 radical (unpaired) electrons. The van der Waals surface area contributed by atoms with Crippen LogP contribution in [0.25, 0.3) is 0 Å². The van der Waals surface area contributed by atoms with E-state index in [1.54, 1.807) is 0 Å². The van der Waals surface area contributed by atoms with Crippen molar-refractivity contribution in [2.75, 3.05) is 31.5 Å². The van der Waals surface area contributed by atoms with Gasteiger partial charge in [0.1, 0.15) is 5.82 Å². The number of carbonyl (C=O) groups is 1. The predicted octanol–water partition coefficient (Wildman–Crippen LogP) is 1.79. The normalized spacial score (nSPS) is 21.8. The molecular weight excluding hydrogens is 276 g/mol. The molecule has 1 saturated heterocycles. The molecule has 0 aromatic carbocycles. The Morgan fingerprint density at radius 1 is 1.41 bits per heavy atom. The number of aromatic nitrogens is 1. The summed E-state index contributed by atoms with van der Waals surface area (Å²) in [7, 11) is 0. The van der Waals surface area contributed by atoms with Crippen molar-refractivity contribution in [2.24, 2.45) is 5.92 Å². The molecule has 1 saturated carbocycles. The Balaban J connectivity index is 1.34. The second kappa shape index (κ2) is 7.09. The first-order valence-corrected chi connectivity index (χ1v) is 8.37. The van der Waals surface area contributed by atoms with Gasteiger partial charge < -0.3 is 15.5 Å². The Kier molecular flexibility index (Phi) is 4.93. The molecule has 0 spiro atoms. The van der Waals surface area contributed by atoms with E-state index in [-0.39, 0.29) is 5.91 Å². The molecule has 5 nitrogen and oxygen atoms in total. The lowest BCUT2D eigenvalue weighted by atomic mass is 10.1. The third-order valence-corrected chi connectivity index (χ3v) is 4.45. The molecule has 2 N–H and O–H groups in total. The fourth-order valence-corrected chi connectivity index (χ4v) is 2.95. The van der Waals surface area contributed by atoms with Crippen molar-refractivity contribution in [2.45, 2.75) is 38.6 Å². The van der Waals surface area contributed by atoms with Gasteiger partial charge in [0.05, 0.1) is 0 Å². The van der Waals surface area contributed by atoms with Crippen LogP contribution in [0.3, 0.4) is 0 Å². The maximum atomic E-state index is 11.7. The third kappa shape index (κ3) is 4.70. The molecule has 1 amide bonds. The van der Waals surface area contributed by atoms with Crippen LogP contribution in [0.15, 0.2) is 18.3 Å². The van der Waals surface area contributed by atoms with Crippen LogP contribution < -0.4 is 10.6 Å². The van der Waals surface area contributed by atoms with E-state index >= 15 is 0 Å². The minimum Gasteiger partial charge on any atom is -0.370 e. The number of hydrogen-bond acceptors (Lipinski definition) is 4. The SMILES string of the molecule is Cc1ccnc(NCC2CCN(CCC(=O)NC3CC3)C2)c1. The summed E-state index contributed by atoms with van der Waals surface area (Å²) in [6.45, 7) is 6.11. The summed E-state index contributed by atoms with van der Waals surface area (Å²) in [6.07, 6.45) is 6.00. The van der Waals surface area contributed by atoms with Crippen LogP contribution in [0.1, 0.15) is 31.2 Å². The van der Waals surface area contributed by atoms with Gasteiger partial charge in [-0.3, -0.25) is 4.79 Å². The number of hydrogen-bond donors (Lipinski definition) is 2. The van der Waals surface area contributed by atoms with Gasteiger partial charge in [-0.15, -0.1) is 0 Å². The van der Waals surface area contributed by atoms with Crippen LogP contribution in [0.4, 0.5) is 5.82 Å². The number of amides is 1. The average molecular weight is 302 g/mol. The van der Waals surface area contributed by atoms with Gasteiger partial charge in [-0.25, -0.2) is 4.98 Å². The van der Waals surface area contributed by atoms with Crippen molar-refractivity contribution < 1.29 is 4.79 Å². The lowest BCUT2D eigenvalue weighted by Crippen LogP contribution is -2.31. The third-order valence-electron chi connectivity index (χ3n) is 4.45. The monoisotopic (exact) mass is 302 g/mol. The van der Waals surface area contributed by atoms with Gasteiger partial charge in [-0.1, -0.05) is 0 Å². The molecule has 3 rings (SSSR count). The fraction of sp³-hybridized carbons (Fsp3) is 0.647. The summed E-state index contributed by atoms with van der Waals surface area (Å²) >= 11 is 0. The number of anilines is 1. The summed E-state index contributed by atoms with van der Waals surface area (Å²) in [6, 6.07) is 4.56. The zero-order valence-corrected chi connectivity index (χ0v) is 13.3. The molecule has 1 aromatic rings. The highest BCUT2D eigenvalue weighted by Crippen LogP contribution is 2.19. The van der Waals surface area contributed by atoms with E-state index in [9.17, 15) is 4.79 Å². The first kappa shape index (κ1) is 15.3. The van der Waals surface area contributed by atoms with Crippen molar-refractivity contribution in [1.82, 2.24) is 15.2 Å². The number of nitrogens with one attached hydrogen (secondary N) is 2. The van der Waals surface area contributed by atoms with E-state index < -0.39 is 0 Å². The summed E-state index contributed by atoms with van der Waals surface area (Å²) in [5.41, 5.74) is 1.23. The van der Waals surface area contributed by atoms with Crippen molar-refractivity contribution in [3.05, 3.63) is 23.9 Å². The molecule has 1 aliphatic carbocycles. The van der Waals surface area contributed by atoms with E-state index in [0.29, 0.717) is 18.4 Å². The van der Waals surface area contributed by atoms with Gasteiger partial charge in [-0.05, 0) is 56.3 Å². The predicted molar refractivity (Wildman–Crippen MR) is 87.8 cm³/mol. The van der Waals surface area contributed by atoms with Crippen LogP contribution in [-0.2, 0) is 4.79 Å². The van der Waals surface area contributed by atoms with Gasteiger partial charge in [0.2, 0.25) is 5.91 Å². The molecule has 5 heteroatoms. The number of likely N-dealkylation sites (tertiary alicyclic amines) is 1. The zero-order valence-electron chi connectivity index (χ0n) is 13.3. The standard InChI is InChI=1S/C17H26N4O/c1-13-4-7-18-16(10-13)19-11-14-5-8-21(12-14)9-6-17(22)20-15-2-3-15/h4,7,10,14-15H,2-3,5-6,8-9,11-12H2,1H3,(H,18,19)(H,20,22). The van der Waals surface area contributed by atoms with Crippen LogP contribution >= 0.6 is 0 Å². The van der Waals surface area contributed by atoms with Crippen LogP contribution in [0, 0.1) is 12.8 Å². The number of pyridine rings is 1.